The van der Waals surface area contributed by atoms with Gasteiger partial charge in [0.1, 0.15) is 5.75 Å². The molecule has 0 aromatic heterocycles. The molecule has 17 heavy (non-hydrogen) atoms. The van der Waals surface area contributed by atoms with Crippen LogP contribution in [0.25, 0.3) is 0 Å². The molecule has 1 aromatic rings. The van der Waals surface area contributed by atoms with Gasteiger partial charge in [-0.1, -0.05) is 20.8 Å². The summed E-state index contributed by atoms with van der Waals surface area (Å²) in [5.41, 5.74) is 0.663. The number of hydrogen-bond donors (Lipinski definition) is 0. The third-order valence-electron chi connectivity index (χ3n) is 2.34. The summed E-state index contributed by atoms with van der Waals surface area (Å²) in [7, 11) is 0. The molecular formula is C14H18O3. The minimum Gasteiger partial charge on any atom is -0.426 e. The minimum atomic E-state index is -0.266. The van der Waals surface area contributed by atoms with E-state index >= 15 is 0 Å². The molecule has 0 bridgehead atoms. The lowest BCUT2D eigenvalue weighted by Gasteiger charge is -2.07. The van der Waals surface area contributed by atoms with Crippen LogP contribution in [0.1, 0.15) is 44.0 Å². The maximum absolute atomic E-state index is 11.6. The molecule has 1 aromatic carbocycles. The second-order valence-electron chi connectivity index (χ2n) is 4.27. The first-order chi connectivity index (χ1) is 8.04. The van der Waals surface area contributed by atoms with E-state index in [4.69, 9.17) is 4.74 Å². The Morgan fingerprint density at radius 1 is 1.18 bits per heavy atom. The second kappa shape index (κ2) is 6.18. The van der Waals surface area contributed by atoms with E-state index < -0.39 is 0 Å². The van der Waals surface area contributed by atoms with Crippen molar-refractivity contribution in [3.05, 3.63) is 29.8 Å². The van der Waals surface area contributed by atoms with Gasteiger partial charge in [-0.2, -0.15) is 0 Å². The van der Waals surface area contributed by atoms with Crippen LogP contribution < -0.4 is 4.74 Å². The zero-order valence-electron chi connectivity index (χ0n) is 10.5. The van der Waals surface area contributed by atoms with Gasteiger partial charge in [0.2, 0.25) is 0 Å². The third-order valence-corrected chi connectivity index (χ3v) is 2.34. The SMILES string of the molecule is CCCC(=O)c1ccc(OC(=O)C(C)C)cc1. The molecule has 1 rings (SSSR count). The van der Waals surface area contributed by atoms with Crippen molar-refractivity contribution in [3.63, 3.8) is 0 Å². The van der Waals surface area contributed by atoms with Crippen molar-refractivity contribution in [2.24, 2.45) is 5.92 Å². The number of benzene rings is 1. The Bertz CT molecular complexity index is 390. The Morgan fingerprint density at radius 2 is 1.76 bits per heavy atom. The van der Waals surface area contributed by atoms with E-state index in [0.717, 1.165) is 6.42 Å². The van der Waals surface area contributed by atoms with E-state index in [0.29, 0.717) is 17.7 Å². The molecule has 0 aliphatic carbocycles. The Morgan fingerprint density at radius 3 is 2.24 bits per heavy atom. The standard InChI is InChI=1S/C14H18O3/c1-4-5-13(15)11-6-8-12(9-7-11)17-14(16)10(2)3/h6-10H,4-5H2,1-3H3. The van der Waals surface area contributed by atoms with Gasteiger partial charge in [-0.3, -0.25) is 9.59 Å². The summed E-state index contributed by atoms with van der Waals surface area (Å²) in [5.74, 6) is 0.181. The number of ketones is 1. The highest BCUT2D eigenvalue weighted by molar-refractivity contribution is 5.96. The summed E-state index contributed by atoms with van der Waals surface area (Å²) in [6, 6.07) is 6.70. The van der Waals surface area contributed by atoms with Crippen molar-refractivity contribution in [3.8, 4) is 5.75 Å². The number of esters is 1. The van der Waals surface area contributed by atoms with Gasteiger partial charge in [-0.25, -0.2) is 0 Å². The highest BCUT2D eigenvalue weighted by atomic mass is 16.5. The van der Waals surface area contributed by atoms with E-state index in [1.54, 1.807) is 38.1 Å². The fourth-order valence-corrected chi connectivity index (χ4v) is 1.31. The molecule has 0 saturated heterocycles. The summed E-state index contributed by atoms with van der Waals surface area (Å²) >= 11 is 0. The van der Waals surface area contributed by atoms with Crippen LogP contribution in [0.4, 0.5) is 0 Å². The molecule has 0 saturated carbocycles. The number of carbonyl (C=O) groups is 2. The Balaban J connectivity index is 2.68. The van der Waals surface area contributed by atoms with E-state index in [1.807, 2.05) is 6.92 Å². The molecular weight excluding hydrogens is 216 g/mol. The van der Waals surface area contributed by atoms with Gasteiger partial charge in [0.05, 0.1) is 5.92 Å². The number of ether oxygens (including phenoxy) is 1. The van der Waals surface area contributed by atoms with Crippen LogP contribution >= 0.6 is 0 Å². The predicted molar refractivity (Wildman–Crippen MR) is 66.2 cm³/mol. The van der Waals surface area contributed by atoms with Crippen LogP contribution in [-0.4, -0.2) is 11.8 Å². The number of hydrogen-bond acceptors (Lipinski definition) is 3. The highest BCUT2D eigenvalue weighted by Crippen LogP contribution is 2.15. The van der Waals surface area contributed by atoms with Gasteiger partial charge < -0.3 is 4.74 Å². The topological polar surface area (TPSA) is 43.4 Å². The lowest BCUT2D eigenvalue weighted by molar-refractivity contribution is -0.137. The van der Waals surface area contributed by atoms with Gasteiger partial charge >= 0.3 is 5.97 Å². The molecule has 92 valence electrons. The molecule has 0 N–H and O–H groups in total. The zero-order valence-corrected chi connectivity index (χ0v) is 10.5. The van der Waals surface area contributed by atoms with Crippen LogP contribution in [-0.2, 0) is 4.79 Å². The molecule has 0 unspecified atom stereocenters. The molecule has 0 amide bonds. The second-order valence-corrected chi connectivity index (χ2v) is 4.27. The maximum Gasteiger partial charge on any atom is 0.313 e. The average Bonchev–Trinajstić information content (AvgIpc) is 2.30. The van der Waals surface area contributed by atoms with Crippen LogP contribution in [0.2, 0.25) is 0 Å². The molecule has 0 spiro atoms. The molecule has 0 fully saturated rings. The van der Waals surface area contributed by atoms with Gasteiger partial charge in [0.25, 0.3) is 0 Å². The molecule has 0 radical (unpaired) electrons. The molecule has 0 aliphatic rings. The van der Waals surface area contributed by atoms with Gasteiger partial charge in [-0.05, 0) is 30.7 Å². The Kier molecular flexibility index (Phi) is 4.88. The molecule has 0 atom stereocenters. The van der Waals surface area contributed by atoms with E-state index in [9.17, 15) is 9.59 Å². The molecule has 0 heterocycles. The largest absolute Gasteiger partial charge is 0.426 e. The lowest BCUT2D eigenvalue weighted by atomic mass is 10.1. The third kappa shape index (κ3) is 4.02. The van der Waals surface area contributed by atoms with Crippen molar-refractivity contribution >= 4 is 11.8 Å². The number of Topliss-reactive ketones (excluding diaryl/α,β-unsaturated/α-hetero) is 1. The van der Waals surface area contributed by atoms with Crippen LogP contribution in [0.5, 0.6) is 5.75 Å². The summed E-state index contributed by atoms with van der Waals surface area (Å²) in [5, 5.41) is 0. The zero-order chi connectivity index (χ0) is 12.8. The molecule has 3 nitrogen and oxygen atoms in total. The van der Waals surface area contributed by atoms with Crippen molar-refractivity contribution in [1.82, 2.24) is 0 Å². The van der Waals surface area contributed by atoms with Gasteiger partial charge in [0, 0.05) is 12.0 Å². The summed E-state index contributed by atoms with van der Waals surface area (Å²) in [4.78, 5) is 22.9. The summed E-state index contributed by atoms with van der Waals surface area (Å²) in [6.07, 6.45) is 1.38. The molecule has 3 heteroatoms. The fourth-order valence-electron chi connectivity index (χ4n) is 1.31. The van der Waals surface area contributed by atoms with Crippen LogP contribution in [0.15, 0.2) is 24.3 Å². The van der Waals surface area contributed by atoms with Crippen molar-refractivity contribution in [1.29, 1.82) is 0 Å². The first-order valence-corrected chi connectivity index (χ1v) is 5.89. The summed E-state index contributed by atoms with van der Waals surface area (Å²) < 4.78 is 5.12. The predicted octanol–water partition coefficient (Wildman–Crippen LogP) is 3.23. The van der Waals surface area contributed by atoms with Crippen molar-refractivity contribution < 1.29 is 14.3 Å². The Hall–Kier alpha value is -1.64. The van der Waals surface area contributed by atoms with Gasteiger partial charge in [-0.15, -0.1) is 0 Å². The Labute approximate surface area is 102 Å². The van der Waals surface area contributed by atoms with E-state index in [2.05, 4.69) is 0 Å². The normalized spacial score (nSPS) is 10.4. The van der Waals surface area contributed by atoms with Crippen LogP contribution in [0, 0.1) is 5.92 Å². The van der Waals surface area contributed by atoms with Gasteiger partial charge in [0.15, 0.2) is 5.78 Å². The quantitative estimate of drug-likeness (QED) is 0.446. The lowest BCUT2D eigenvalue weighted by Crippen LogP contribution is -2.14. The highest BCUT2D eigenvalue weighted by Gasteiger charge is 2.10. The van der Waals surface area contributed by atoms with Crippen molar-refractivity contribution in [2.45, 2.75) is 33.6 Å². The monoisotopic (exact) mass is 234 g/mol. The van der Waals surface area contributed by atoms with Crippen molar-refractivity contribution in [2.75, 3.05) is 0 Å². The van der Waals surface area contributed by atoms with Crippen LogP contribution in [0.3, 0.4) is 0 Å². The van der Waals surface area contributed by atoms with E-state index in [-0.39, 0.29) is 17.7 Å². The smallest absolute Gasteiger partial charge is 0.313 e. The average molecular weight is 234 g/mol. The maximum atomic E-state index is 11.6. The molecule has 0 aliphatic heterocycles. The van der Waals surface area contributed by atoms with E-state index in [1.165, 1.54) is 0 Å². The fraction of sp³-hybridized carbons (Fsp3) is 0.429. The minimum absolute atomic E-state index is 0.120. The number of rotatable bonds is 5. The first-order valence-electron chi connectivity index (χ1n) is 5.89. The number of carbonyl (C=O) groups excluding carboxylic acids is 2. The summed E-state index contributed by atoms with van der Waals surface area (Å²) in [6.45, 7) is 5.53. The first kappa shape index (κ1) is 13.4.